The van der Waals surface area contributed by atoms with Crippen molar-refractivity contribution >= 4 is 20.4 Å². The Hall–Kier alpha value is -1.94. The Morgan fingerprint density at radius 3 is 2.77 bits per heavy atom. The number of cyclic esters (lactones) is 1. The van der Waals surface area contributed by atoms with Crippen molar-refractivity contribution in [1.82, 2.24) is 14.5 Å². The summed E-state index contributed by atoms with van der Waals surface area (Å²) in [5.74, 6) is -0.229. The van der Waals surface area contributed by atoms with Crippen LogP contribution in [0.5, 0.6) is 0 Å². The second-order valence-electron chi connectivity index (χ2n) is 6.05. The number of carbonyl (C=O) groups is 1. The first kappa shape index (κ1) is 16.4. The molecule has 1 aliphatic rings. The van der Waals surface area contributed by atoms with E-state index in [4.69, 9.17) is 9.16 Å². The number of hydrogen-bond acceptors (Lipinski definition) is 6. The molecule has 1 saturated heterocycles. The summed E-state index contributed by atoms with van der Waals surface area (Å²) in [4.78, 5) is 27.3. The van der Waals surface area contributed by atoms with Crippen LogP contribution in [0, 0.1) is 10.1 Å². The van der Waals surface area contributed by atoms with E-state index < -0.39 is 13.2 Å². The van der Waals surface area contributed by atoms with Crippen LogP contribution in [0.25, 0.3) is 0 Å². The van der Waals surface area contributed by atoms with E-state index in [9.17, 15) is 14.9 Å². The largest absolute Gasteiger partial charge is 0.448 e. The van der Waals surface area contributed by atoms with E-state index in [-0.39, 0.29) is 24.7 Å². The minimum atomic E-state index is -1.87. The number of aromatic nitrogens is 2. The second-order valence-corrected chi connectivity index (χ2v) is 10.5. The van der Waals surface area contributed by atoms with Crippen LogP contribution in [0.3, 0.4) is 0 Å². The van der Waals surface area contributed by atoms with Crippen LogP contribution >= 0.6 is 0 Å². The fourth-order valence-corrected chi connectivity index (χ4v) is 3.45. The van der Waals surface area contributed by atoms with Crippen molar-refractivity contribution < 1.29 is 18.9 Å². The highest BCUT2D eigenvalue weighted by molar-refractivity contribution is 6.69. The van der Waals surface area contributed by atoms with Gasteiger partial charge in [-0.15, -0.1) is 0 Å². The van der Waals surface area contributed by atoms with Crippen molar-refractivity contribution in [2.75, 3.05) is 19.7 Å². The molecule has 1 amide bonds. The molecule has 1 aromatic heterocycles. The lowest BCUT2D eigenvalue weighted by atomic mass is 10.3. The van der Waals surface area contributed by atoms with Gasteiger partial charge in [-0.3, -0.25) is 0 Å². The van der Waals surface area contributed by atoms with Gasteiger partial charge in [0.25, 0.3) is 0 Å². The van der Waals surface area contributed by atoms with Crippen LogP contribution in [0.2, 0.25) is 19.6 Å². The van der Waals surface area contributed by atoms with Gasteiger partial charge < -0.3 is 24.2 Å². The Morgan fingerprint density at radius 1 is 1.50 bits per heavy atom. The average Bonchev–Trinajstić information content (AvgIpc) is 2.97. The second kappa shape index (κ2) is 6.44. The Labute approximate surface area is 129 Å². The SMILES string of the molecule is C[Si](C)(C)OC(CN1CCOC1=O)Cn1ccnc1[N+](=O)[O-]. The Bertz CT molecular complexity index is 556. The lowest BCUT2D eigenvalue weighted by Gasteiger charge is -2.28. The number of nitrogens with zero attached hydrogens (tertiary/aromatic N) is 4. The molecule has 1 aliphatic heterocycles. The Kier molecular flexibility index (Phi) is 4.81. The third kappa shape index (κ3) is 4.27. The number of ether oxygens (including phenoxy) is 1. The quantitative estimate of drug-likeness (QED) is 0.427. The van der Waals surface area contributed by atoms with E-state index in [1.54, 1.807) is 11.1 Å². The molecule has 0 radical (unpaired) electrons. The van der Waals surface area contributed by atoms with Crippen molar-refractivity contribution in [2.24, 2.45) is 0 Å². The van der Waals surface area contributed by atoms with Gasteiger partial charge in [0.05, 0.1) is 25.7 Å². The number of nitro groups is 1. The molecular formula is C12H20N4O5Si. The zero-order valence-corrected chi connectivity index (χ0v) is 13.9. The maximum absolute atomic E-state index is 11.6. The van der Waals surface area contributed by atoms with Crippen LogP contribution in [-0.4, -0.2) is 59.6 Å². The summed E-state index contributed by atoms with van der Waals surface area (Å²) in [6, 6.07) is 0. The van der Waals surface area contributed by atoms with Crippen molar-refractivity contribution in [3.8, 4) is 0 Å². The maximum atomic E-state index is 11.6. The molecule has 0 spiro atoms. The van der Waals surface area contributed by atoms with Crippen molar-refractivity contribution in [2.45, 2.75) is 32.3 Å². The fourth-order valence-electron chi connectivity index (χ4n) is 2.30. The highest BCUT2D eigenvalue weighted by Gasteiger charge is 2.30. The van der Waals surface area contributed by atoms with Gasteiger partial charge in [0.15, 0.2) is 8.32 Å². The summed E-state index contributed by atoms with van der Waals surface area (Å²) in [6.45, 7) is 7.59. The molecule has 1 atom stereocenters. The molecule has 2 rings (SSSR count). The topological polar surface area (TPSA) is 99.7 Å². The summed E-state index contributed by atoms with van der Waals surface area (Å²) < 4.78 is 12.4. The van der Waals surface area contributed by atoms with Crippen LogP contribution in [0.15, 0.2) is 12.4 Å². The maximum Gasteiger partial charge on any atom is 0.434 e. The van der Waals surface area contributed by atoms with E-state index in [1.165, 1.54) is 10.8 Å². The highest BCUT2D eigenvalue weighted by Crippen LogP contribution is 2.16. The average molecular weight is 328 g/mol. The van der Waals surface area contributed by atoms with E-state index in [0.717, 1.165) is 0 Å². The smallest absolute Gasteiger partial charge is 0.434 e. The summed E-state index contributed by atoms with van der Waals surface area (Å²) in [6.07, 6.45) is 2.21. The molecule has 0 aliphatic carbocycles. The number of rotatable bonds is 7. The van der Waals surface area contributed by atoms with E-state index in [0.29, 0.717) is 19.7 Å². The molecule has 0 bridgehead atoms. The number of hydrogen-bond donors (Lipinski definition) is 0. The molecule has 10 heteroatoms. The Morgan fingerprint density at radius 2 is 2.23 bits per heavy atom. The van der Waals surface area contributed by atoms with Crippen molar-refractivity contribution in [3.05, 3.63) is 22.5 Å². The van der Waals surface area contributed by atoms with E-state index in [2.05, 4.69) is 4.98 Å². The first-order chi connectivity index (χ1) is 10.3. The molecular weight excluding hydrogens is 308 g/mol. The Balaban J connectivity index is 2.11. The fraction of sp³-hybridized carbons (Fsp3) is 0.667. The summed E-state index contributed by atoms with van der Waals surface area (Å²) >= 11 is 0. The van der Waals surface area contributed by atoms with E-state index in [1.807, 2.05) is 19.6 Å². The standard InChI is InChI=1S/C12H20N4O5Si/c1-22(2,3)21-10(9-15-6-7-20-12(15)17)8-14-5-4-13-11(14)16(18)19/h4-5,10H,6-9H2,1-3H3. The van der Waals surface area contributed by atoms with Gasteiger partial charge in [-0.05, 0) is 24.6 Å². The molecule has 1 unspecified atom stereocenters. The van der Waals surface area contributed by atoms with Crippen LogP contribution in [-0.2, 0) is 15.7 Å². The lowest BCUT2D eigenvalue weighted by Crippen LogP contribution is -2.42. The molecule has 122 valence electrons. The molecule has 1 fully saturated rings. The van der Waals surface area contributed by atoms with Gasteiger partial charge >= 0.3 is 12.0 Å². The molecule has 9 nitrogen and oxygen atoms in total. The first-order valence-electron chi connectivity index (χ1n) is 7.01. The van der Waals surface area contributed by atoms with Crippen molar-refractivity contribution in [1.29, 1.82) is 0 Å². The van der Waals surface area contributed by atoms with Gasteiger partial charge in [0.1, 0.15) is 19.0 Å². The van der Waals surface area contributed by atoms with Crippen LogP contribution in [0.4, 0.5) is 10.7 Å². The molecule has 1 aromatic rings. The third-order valence-corrected chi connectivity index (χ3v) is 4.09. The predicted molar refractivity (Wildman–Crippen MR) is 80.0 cm³/mol. The molecule has 2 heterocycles. The number of amides is 1. The van der Waals surface area contributed by atoms with Gasteiger partial charge in [-0.25, -0.2) is 9.36 Å². The van der Waals surface area contributed by atoms with Gasteiger partial charge in [-0.2, -0.15) is 0 Å². The molecule has 0 N–H and O–H groups in total. The number of carbonyl (C=O) groups excluding carboxylic acids is 1. The molecule has 22 heavy (non-hydrogen) atoms. The predicted octanol–water partition coefficient (Wildman–Crippen LogP) is 1.46. The lowest BCUT2D eigenvalue weighted by molar-refractivity contribution is -0.397. The normalized spacial score (nSPS) is 16.7. The summed E-state index contributed by atoms with van der Waals surface area (Å²) in [7, 11) is -1.87. The summed E-state index contributed by atoms with van der Waals surface area (Å²) in [5, 5.41) is 11.0. The van der Waals surface area contributed by atoms with Gasteiger partial charge in [-0.1, -0.05) is 4.98 Å². The van der Waals surface area contributed by atoms with Crippen LogP contribution < -0.4 is 0 Å². The number of imidazole rings is 1. The minimum Gasteiger partial charge on any atom is -0.448 e. The van der Waals surface area contributed by atoms with Crippen LogP contribution in [0.1, 0.15) is 0 Å². The molecule has 0 aromatic carbocycles. The first-order valence-corrected chi connectivity index (χ1v) is 10.4. The van der Waals surface area contributed by atoms with E-state index >= 15 is 0 Å². The molecule has 0 saturated carbocycles. The summed E-state index contributed by atoms with van der Waals surface area (Å²) in [5.41, 5.74) is 0. The zero-order chi connectivity index (χ0) is 16.3. The van der Waals surface area contributed by atoms with Gasteiger partial charge in [0, 0.05) is 0 Å². The monoisotopic (exact) mass is 328 g/mol. The zero-order valence-electron chi connectivity index (χ0n) is 12.9. The highest BCUT2D eigenvalue weighted by atomic mass is 28.4. The van der Waals surface area contributed by atoms with Crippen molar-refractivity contribution in [3.63, 3.8) is 0 Å². The minimum absolute atomic E-state index is 0.229. The third-order valence-electron chi connectivity index (χ3n) is 3.05. The van der Waals surface area contributed by atoms with Gasteiger partial charge in [0.2, 0.25) is 0 Å².